The van der Waals surface area contributed by atoms with Crippen LogP contribution in [0.3, 0.4) is 0 Å². The van der Waals surface area contributed by atoms with Gasteiger partial charge in [0.15, 0.2) is 5.78 Å². The van der Waals surface area contributed by atoms with E-state index in [2.05, 4.69) is 52.3 Å². The van der Waals surface area contributed by atoms with Crippen molar-refractivity contribution >= 4 is 45.9 Å². The van der Waals surface area contributed by atoms with Gasteiger partial charge in [0.05, 0.1) is 30.2 Å². The van der Waals surface area contributed by atoms with Crippen molar-refractivity contribution in [2.75, 3.05) is 42.2 Å². The van der Waals surface area contributed by atoms with Gasteiger partial charge in [0.1, 0.15) is 29.2 Å². The first-order chi connectivity index (χ1) is 24.0. The molecule has 1 atom stereocenters. The molecule has 3 aromatic carbocycles. The number of nitrogens with one attached hydrogen (secondary N) is 5. The maximum absolute atomic E-state index is 13.4. The first-order valence-corrected chi connectivity index (χ1v) is 16.3. The maximum Gasteiger partial charge on any atom is 0.324 e. The van der Waals surface area contributed by atoms with Crippen molar-refractivity contribution in [1.82, 2.24) is 25.4 Å². The van der Waals surface area contributed by atoms with E-state index in [9.17, 15) is 14.4 Å². The summed E-state index contributed by atoms with van der Waals surface area (Å²) >= 11 is 0. The second-order valence-electron chi connectivity index (χ2n) is 13.0. The van der Waals surface area contributed by atoms with Crippen molar-refractivity contribution in [2.45, 2.75) is 39.2 Å². The number of aryl methyl sites for hydroxylation is 1. The molecule has 3 heterocycles. The number of benzene rings is 3. The lowest BCUT2D eigenvalue weighted by Gasteiger charge is -2.22. The van der Waals surface area contributed by atoms with E-state index in [0.29, 0.717) is 42.7 Å². The maximum atomic E-state index is 13.4. The third-order valence-corrected chi connectivity index (χ3v) is 8.04. The van der Waals surface area contributed by atoms with Gasteiger partial charge in [-0.2, -0.15) is 5.10 Å². The second kappa shape index (κ2) is 14.8. The van der Waals surface area contributed by atoms with Gasteiger partial charge in [-0.1, -0.05) is 62.7 Å². The fourth-order valence-electron chi connectivity index (χ4n) is 5.34. The number of Topliss-reactive ketones (excluding diaryl/α,β-unsaturated/α-hetero) is 1. The number of ether oxygens (including phenoxy) is 2. The number of aromatic nitrogens is 3. The third kappa shape index (κ3) is 8.25. The number of morpholine rings is 1. The summed E-state index contributed by atoms with van der Waals surface area (Å²) in [5.41, 5.74) is 3.16. The number of nitrogens with zero attached hydrogens (tertiary/aromatic N) is 3. The number of rotatable bonds is 9. The van der Waals surface area contributed by atoms with Crippen molar-refractivity contribution in [3.63, 3.8) is 0 Å². The first-order valence-electron chi connectivity index (χ1n) is 16.3. The zero-order chi connectivity index (χ0) is 35.3. The van der Waals surface area contributed by atoms with Crippen molar-refractivity contribution in [2.24, 2.45) is 0 Å². The average Bonchev–Trinajstić information content (AvgIpc) is 3.53. The Hall–Kier alpha value is -5.79. The molecule has 0 bridgehead atoms. The molecule has 0 aliphatic carbocycles. The summed E-state index contributed by atoms with van der Waals surface area (Å²) in [5.74, 6) is 1.52. The van der Waals surface area contributed by atoms with Crippen LogP contribution >= 0.6 is 0 Å². The first kappa shape index (κ1) is 34.1. The molecule has 0 spiro atoms. The Labute approximate surface area is 289 Å². The molecular formula is C37H40N8O5. The molecule has 4 amide bonds. The number of fused-ring (bicyclic) bond motifs is 1. The molecule has 1 saturated heterocycles. The number of amides is 4. The van der Waals surface area contributed by atoms with Gasteiger partial charge in [-0.15, -0.1) is 0 Å². The van der Waals surface area contributed by atoms with Crippen LogP contribution in [0.4, 0.5) is 26.9 Å². The predicted octanol–water partition coefficient (Wildman–Crippen LogP) is 6.14. The van der Waals surface area contributed by atoms with E-state index < -0.39 is 18.2 Å². The van der Waals surface area contributed by atoms with Crippen LogP contribution in [-0.4, -0.2) is 65.0 Å². The minimum Gasteiger partial charge on any atom is -0.457 e. The number of ketones is 1. The van der Waals surface area contributed by atoms with E-state index in [1.807, 2.05) is 61.5 Å². The molecule has 1 aliphatic heterocycles. The predicted molar refractivity (Wildman–Crippen MR) is 193 cm³/mol. The lowest BCUT2D eigenvalue weighted by Crippen LogP contribution is -2.47. The SMILES string of the molecule is Cc1ccc(-n2nc(C(C)(C)C)cc2NC(=O)Nc2ccc(Oc3ccnc(NC(=O)NCC(=O)C4CNCCO4)c3)c3ccccc23)cc1. The molecule has 2 aromatic heterocycles. The standard InChI is InChI=1S/C37H40N8O5/c1-23-9-11-24(12-10-23)45-34(20-32(44-45)37(2,3)4)43-36(48)41-28-13-14-30(27-8-6-5-7-26(27)28)50-25-15-16-39-33(19-25)42-35(47)40-21-29(46)31-22-38-17-18-49-31/h5-16,19-20,31,38H,17-18,21-22H2,1-4H3,(H2,41,43,48)(H2,39,40,42,47). The van der Waals surface area contributed by atoms with Gasteiger partial charge in [0, 0.05) is 47.6 Å². The Morgan fingerprint density at radius 3 is 2.46 bits per heavy atom. The molecule has 5 N–H and O–H groups in total. The largest absolute Gasteiger partial charge is 0.457 e. The number of hydrogen-bond acceptors (Lipinski definition) is 8. The van der Waals surface area contributed by atoms with Crippen LogP contribution in [0.15, 0.2) is 85.1 Å². The fourth-order valence-corrected chi connectivity index (χ4v) is 5.34. The topological polar surface area (TPSA) is 161 Å². The zero-order valence-electron chi connectivity index (χ0n) is 28.4. The highest BCUT2D eigenvalue weighted by molar-refractivity contribution is 6.07. The lowest BCUT2D eigenvalue weighted by molar-refractivity contribution is -0.130. The quantitative estimate of drug-likeness (QED) is 0.124. The highest BCUT2D eigenvalue weighted by Gasteiger charge is 2.23. The van der Waals surface area contributed by atoms with Crippen LogP contribution in [0, 0.1) is 6.92 Å². The van der Waals surface area contributed by atoms with Gasteiger partial charge in [-0.3, -0.25) is 15.4 Å². The fraction of sp³-hybridized carbons (Fsp3) is 0.270. The Balaban J connectivity index is 1.14. The molecule has 258 valence electrons. The molecular weight excluding hydrogens is 636 g/mol. The van der Waals surface area contributed by atoms with E-state index in [0.717, 1.165) is 27.7 Å². The van der Waals surface area contributed by atoms with Crippen LogP contribution < -0.4 is 31.3 Å². The third-order valence-electron chi connectivity index (χ3n) is 8.04. The molecule has 0 saturated carbocycles. The molecule has 13 heteroatoms. The van der Waals surface area contributed by atoms with E-state index in [4.69, 9.17) is 14.6 Å². The summed E-state index contributed by atoms with van der Waals surface area (Å²) in [7, 11) is 0. The van der Waals surface area contributed by atoms with Crippen molar-refractivity contribution in [1.29, 1.82) is 0 Å². The zero-order valence-corrected chi connectivity index (χ0v) is 28.4. The summed E-state index contributed by atoms with van der Waals surface area (Å²) in [5, 5.41) is 20.6. The number of urea groups is 2. The van der Waals surface area contributed by atoms with Crippen molar-refractivity contribution in [3.8, 4) is 17.2 Å². The van der Waals surface area contributed by atoms with Crippen molar-refractivity contribution in [3.05, 3.63) is 96.3 Å². The Bertz CT molecular complexity index is 2010. The monoisotopic (exact) mass is 676 g/mol. The van der Waals surface area contributed by atoms with Crippen LogP contribution in [0.2, 0.25) is 0 Å². The normalized spacial score (nSPS) is 14.5. The minimum atomic E-state index is -0.583. The number of carbonyl (C=O) groups excluding carboxylic acids is 3. The van der Waals surface area contributed by atoms with E-state index >= 15 is 0 Å². The molecule has 1 fully saturated rings. The van der Waals surface area contributed by atoms with Gasteiger partial charge in [-0.05, 0) is 37.3 Å². The van der Waals surface area contributed by atoms with E-state index in [-0.39, 0.29) is 23.6 Å². The van der Waals surface area contributed by atoms with Gasteiger partial charge < -0.3 is 25.4 Å². The van der Waals surface area contributed by atoms with Gasteiger partial charge in [-0.25, -0.2) is 19.3 Å². The Morgan fingerprint density at radius 1 is 0.940 bits per heavy atom. The molecule has 6 rings (SSSR count). The summed E-state index contributed by atoms with van der Waals surface area (Å²) < 4.78 is 13.4. The number of pyridine rings is 1. The van der Waals surface area contributed by atoms with E-state index in [1.54, 1.807) is 28.9 Å². The minimum absolute atomic E-state index is 0.174. The smallest absolute Gasteiger partial charge is 0.324 e. The Morgan fingerprint density at radius 2 is 1.72 bits per heavy atom. The highest BCUT2D eigenvalue weighted by atomic mass is 16.5. The second-order valence-corrected chi connectivity index (χ2v) is 13.0. The number of carbonyl (C=O) groups is 3. The molecule has 0 radical (unpaired) electrons. The summed E-state index contributed by atoms with van der Waals surface area (Å²) in [6.07, 6.45) is 0.923. The van der Waals surface area contributed by atoms with Gasteiger partial charge in [0.25, 0.3) is 0 Å². The lowest BCUT2D eigenvalue weighted by atomic mass is 9.92. The van der Waals surface area contributed by atoms with Gasteiger partial charge >= 0.3 is 12.1 Å². The Kier molecular flexibility index (Phi) is 10.1. The summed E-state index contributed by atoms with van der Waals surface area (Å²) in [6.45, 7) is 9.63. The van der Waals surface area contributed by atoms with Gasteiger partial charge in [0.2, 0.25) is 0 Å². The molecule has 1 aliphatic rings. The molecule has 50 heavy (non-hydrogen) atoms. The van der Waals surface area contributed by atoms with Crippen LogP contribution in [0.1, 0.15) is 32.0 Å². The van der Waals surface area contributed by atoms with Crippen molar-refractivity contribution < 1.29 is 23.9 Å². The summed E-state index contributed by atoms with van der Waals surface area (Å²) in [6, 6.07) is 23.2. The summed E-state index contributed by atoms with van der Waals surface area (Å²) in [4.78, 5) is 42.4. The molecule has 1 unspecified atom stereocenters. The molecule has 5 aromatic rings. The number of hydrogen-bond donors (Lipinski definition) is 5. The van der Waals surface area contributed by atoms with Crippen LogP contribution in [0.5, 0.6) is 11.5 Å². The highest BCUT2D eigenvalue weighted by Crippen LogP contribution is 2.35. The number of anilines is 3. The average molecular weight is 677 g/mol. The van der Waals surface area contributed by atoms with E-state index in [1.165, 1.54) is 6.20 Å². The molecule has 13 nitrogen and oxygen atoms in total. The van der Waals surface area contributed by atoms with Crippen LogP contribution in [0.25, 0.3) is 16.5 Å². The van der Waals surface area contributed by atoms with Crippen LogP contribution in [-0.2, 0) is 14.9 Å².